The summed E-state index contributed by atoms with van der Waals surface area (Å²) in [6, 6.07) is 24.4. The maximum Gasteiger partial charge on any atom is 0.343 e. The number of carbonyl (C=O) groups excluding carboxylic acids is 2. The van der Waals surface area contributed by atoms with Gasteiger partial charge >= 0.3 is 11.9 Å². The van der Waals surface area contributed by atoms with Crippen molar-refractivity contribution in [2.24, 2.45) is 0 Å². The van der Waals surface area contributed by atoms with Crippen molar-refractivity contribution in [3.05, 3.63) is 126 Å². The maximum absolute atomic E-state index is 12.6. The van der Waals surface area contributed by atoms with Crippen LogP contribution in [0.2, 0.25) is 0 Å². The molecule has 3 aromatic rings. The molecule has 41 heavy (non-hydrogen) atoms. The van der Waals surface area contributed by atoms with Gasteiger partial charge in [0.05, 0.1) is 18.8 Å². The van der Waals surface area contributed by atoms with E-state index in [0.29, 0.717) is 66.4 Å². The van der Waals surface area contributed by atoms with E-state index in [4.69, 9.17) is 18.9 Å². The molecule has 0 amide bonds. The molecule has 0 bridgehead atoms. The van der Waals surface area contributed by atoms with E-state index in [2.05, 4.69) is 6.58 Å². The van der Waals surface area contributed by atoms with Gasteiger partial charge in [-0.05, 0) is 67.3 Å². The molecule has 1 N–H and O–H groups in total. The molecule has 1 unspecified atom stereocenters. The van der Waals surface area contributed by atoms with Crippen molar-refractivity contribution in [1.29, 1.82) is 0 Å². The Labute approximate surface area is 240 Å². The first-order chi connectivity index (χ1) is 19.9. The maximum atomic E-state index is 12.6. The first kappa shape index (κ1) is 29.4. The number of esters is 2. The van der Waals surface area contributed by atoms with Crippen LogP contribution in [0.4, 0.5) is 0 Å². The summed E-state index contributed by atoms with van der Waals surface area (Å²) in [7, 11) is 0. The smallest absolute Gasteiger partial charge is 0.343 e. The summed E-state index contributed by atoms with van der Waals surface area (Å²) in [6.07, 6.45) is 4.68. The number of aliphatic hydroxyl groups excluding tert-OH is 1. The lowest BCUT2D eigenvalue weighted by atomic mass is 10.0. The van der Waals surface area contributed by atoms with Crippen LogP contribution in [0.5, 0.6) is 5.75 Å². The van der Waals surface area contributed by atoms with Crippen LogP contribution in [-0.4, -0.2) is 30.3 Å². The summed E-state index contributed by atoms with van der Waals surface area (Å²) >= 11 is 0. The van der Waals surface area contributed by atoms with Crippen LogP contribution in [0.25, 0.3) is 11.1 Å². The predicted octanol–water partition coefficient (Wildman–Crippen LogP) is 7.06. The minimum Gasteiger partial charge on any atom is -0.494 e. The average molecular weight is 555 g/mol. The van der Waals surface area contributed by atoms with Gasteiger partial charge in [-0.2, -0.15) is 0 Å². The van der Waals surface area contributed by atoms with Gasteiger partial charge in [0.1, 0.15) is 17.3 Å². The standard InChI is InChI=1S/C34H34O7/c1-24(2)32(35)39-23-7-6-22-38-29-16-14-28(15-17-29)34(37)41-31-20-18-30(19-21-31)40-33(36)27-12-10-26(11-13-27)25-8-4-3-5-9-25/h3-5,8-18,20,33,36H,1,6-7,19,21-23H2,2H3. The molecular weight excluding hydrogens is 520 g/mol. The van der Waals surface area contributed by atoms with Crippen LogP contribution in [0.15, 0.2) is 115 Å². The van der Waals surface area contributed by atoms with Gasteiger partial charge < -0.3 is 24.1 Å². The number of hydrogen-bond acceptors (Lipinski definition) is 7. The highest BCUT2D eigenvalue weighted by Gasteiger charge is 2.17. The molecule has 7 nitrogen and oxygen atoms in total. The number of carbonyl (C=O) groups is 2. The molecule has 0 saturated carbocycles. The lowest BCUT2D eigenvalue weighted by Gasteiger charge is -2.19. The molecule has 212 valence electrons. The van der Waals surface area contributed by atoms with Crippen molar-refractivity contribution >= 4 is 11.9 Å². The second-order valence-corrected chi connectivity index (χ2v) is 9.61. The fraction of sp³-hybridized carbons (Fsp3) is 0.235. The molecule has 1 atom stereocenters. The molecule has 0 spiro atoms. The number of benzene rings is 3. The van der Waals surface area contributed by atoms with Crippen LogP contribution in [0.1, 0.15) is 54.8 Å². The fourth-order valence-corrected chi connectivity index (χ4v) is 4.01. The Bertz CT molecular complexity index is 1390. The Morgan fingerprint density at radius 3 is 2.12 bits per heavy atom. The first-order valence-electron chi connectivity index (χ1n) is 13.6. The lowest BCUT2D eigenvalue weighted by Crippen LogP contribution is -2.09. The minimum atomic E-state index is -1.09. The van der Waals surface area contributed by atoms with E-state index in [-0.39, 0.29) is 5.97 Å². The summed E-state index contributed by atoms with van der Waals surface area (Å²) in [5, 5.41) is 10.5. The highest BCUT2D eigenvalue weighted by atomic mass is 16.6. The molecule has 0 saturated heterocycles. The van der Waals surface area contributed by atoms with Crippen LogP contribution in [0, 0.1) is 0 Å². The third-order valence-electron chi connectivity index (χ3n) is 6.34. The fourth-order valence-electron chi connectivity index (χ4n) is 4.01. The lowest BCUT2D eigenvalue weighted by molar-refractivity contribution is -0.139. The number of rotatable bonds is 13. The number of unbranched alkanes of at least 4 members (excludes halogenated alkanes) is 1. The molecule has 1 aliphatic carbocycles. The Hall–Kier alpha value is -4.62. The third kappa shape index (κ3) is 8.95. The van der Waals surface area contributed by atoms with Gasteiger partial charge in [-0.3, -0.25) is 0 Å². The van der Waals surface area contributed by atoms with Crippen LogP contribution in [0.3, 0.4) is 0 Å². The Kier molecular flexibility index (Phi) is 10.5. The number of hydrogen-bond donors (Lipinski definition) is 1. The molecule has 0 fully saturated rings. The van der Waals surface area contributed by atoms with E-state index in [1.54, 1.807) is 43.3 Å². The van der Waals surface area contributed by atoms with Gasteiger partial charge in [-0.1, -0.05) is 61.2 Å². The largest absolute Gasteiger partial charge is 0.494 e. The number of aliphatic hydroxyl groups is 1. The van der Waals surface area contributed by atoms with Gasteiger partial charge in [-0.15, -0.1) is 0 Å². The summed E-state index contributed by atoms with van der Waals surface area (Å²) < 4.78 is 22.0. The van der Waals surface area contributed by atoms with E-state index < -0.39 is 12.3 Å². The Morgan fingerprint density at radius 1 is 0.829 bits per heavy atom. The van der Waals surface area contributed by atoms with Crippen molar-refractivity contribution in [1.82, 2.24) is 0 Å². The zero-order valence-electron chi connectivity index (χ0n) is 23.1. The van der Waals surface area contributed by atoms with Crippen molar-refractivity contribution in [3.8, 4) is 16.9 Å². The molecule has 0 heterocycles. The normalized spacial score (nSPS) is 13.3. The molecule has 0 aliphatic heterocycles. The molecule has 3 aromatic carbocycles. The topological polar surface area (TPSA) is 91.3 Å². The van der Waals surface area contributed by atoms with E-state index in [0.717, 1.165) is 17.5 Å². The monoisotopic (exact) mass is 554 g/mol. The SMILES string of the molecule is C=C(C)C(=O)OCCCCOc1ccc(C(=O)OC2=CC=C(OC(O)c3ccc(-c4ccccc4)cc3)CC2)cc1. The summed E-state index contributed by atoms with van der Waals surface area (Å²) in [6.45, 7) is 5.94. The van der Waals surface area contributed by atoms with E-state index >= 15 is 0 Å². The molecule has 1 aliphatic rings. The molecule has 0 radical (unpaired) electrons. The summed E-state index contributed by atoms with van der Waals surface area (Å²) in [4.78, 5) is 23.9. The summed E-state index contributed by atoms with van der Waals surface area (Å²) in [5.41, 5.74) is 3.61. The number of allylic oxidation sites excluding steroid dienone is 4. The molecule has 7 heteroatoms. The van der Waals surface area contributed by atoms with Crippen LogP contribution in [-0.2, 0) is 19.0 Å². The van der Waals surface area contributed by atoms with Crippen LogP contribution < -0.4 is 4.74 Å². The average Bonchev–Trinajstić information content (AvgIpc) is 3.00. The first-order valence-corrected chi connectivity index (χ1v) is 13.6. The third-order valence-corrected chi connectivity index (χ3v) is 6.34. The van der Waals surface area contributed by atoms with E-state index in [1.165, 1.54) is 0 Å². The van der Waals surface area contributed by atoms with Gasteiger partial charge in [0.15, 0.2) is 0 Å². The van der Waals surface area contributed by atoms with Crippen molar-refractivity contribution in [3.63, 3.8) is 0 Å². The number of ether oxygens (including phenoxy) is 4. The van der Waals surface area contributed by atoms with Crippen LogP contribution >= 0.6 is 0 Å². The molecule has 0 aromatic heterocycles. The Balaban J connectivity index is 1.20. The molecule has 4 rings (SSSR count). The highest BCUT2D eigenvalue weighted by Crippen LogP contribution is 2.28. The summed E-state index contributed by atoms with van der Waals surface area (Å²) in [5.74, 6) is 0.924. The van der Waals surface area contributed by atoms with Gasteiger partial charge in [0.25, 0.3) is 0 Å². The zero-order valence-corrected chi connectivity index (χ0v) is 23.1. The quantitative estimate of drug-likeness (QED) is 0.105. The van der Waals surface area contributed by atoms with E-state index in [1.807, 2.05) is 54.6 Å². The van der Waals surface area contributed by atoms with Gasteiger partial charge in [-0.25, -0.2) is 9.59 Å². The highest BCUT2D eigenvalue weighted by molar-refractivity contribution is 5.90. The second-order valence-electron chi connectivity index (χ2n) is 9.61. The van der Waals surface area contributed by atoms with Crippen molar-refractivity contribution < 1.29 is 33.6 Å². The zero-order chi connectivity index (χ0) is 29.0. The van der Waals surface area contributed by atoms with Crippen molar-refractivity contribution in [2.75, 3.05) is 13.2 Å². The van der Waals surface area contributed by atoms with Gasteiger partial charge in [0.2, 0.25) is 6.29 Å². The second kappa shape index (κ2) is 14.7. The molecular formula is C34H34O7. The Morgan fingerprint density at radius 2 is 1.46 bits per heavy atom. The predicted molar refractivity (Wildman–Crippen MR) is 156 cm³/mol. The van der Waals surface area contributed by atoms with Crippen molar-refractivity contribution in [2.45, 2.75) is 38.9 Å². The van der Waals surface area contributed by atoms with Gasteiger partial charge in [0, 0.05) is 24.0 Å². The van der Waals surface area contributed by atoms with E-state index in [9.17, 15) is 14.7 Å². The minimum absolute atomic E-state index is 0.321.